The van der Waals surface area contributed by atoms with Crippen molar-refractivity contribution in [2.75, 3.05) is 11.1 Å². The second-order valence-corrected chi connectivity index (χ2v) is 9.19. The van der Waals surface area contributed by atoms with Crippen LogP contribution in [-0.4, -0.2) is 37.0 Å². The van der Waals surface area contributed by atoms with Gasteiger partial charge in [-0.3, -0.25) is 13.9 Å². The highest BCUT2D eigenvalue weighted by Gasteiger charge is 2.30. The van der Waals surface area contributed by atoms with Crippen molar-refractivity contribution in [1.29, 1.82) is 0 Å². The maximum Gasteiger partial charge on any atom is 0.296 e. The molecule has 0 aromatic heterocycles. The standard InChI is InChI=1S/C18H16N2O8S2/c1-9-5-6-10(12(19)7-9)18(22)20-13-8-15(29(23,24)25)17(30(26,27)28)11-3-2-4-14(21)16(11)13/h2-8,21H,19H2,1H3,(H,20,22)(H,23,24,25)(H,26,27,28). The number of amides is 1. The van der Waals surface area contributed by atoms with Gasteiger partial charge in [-0.15, -0.1) is 0 Å². The number of hydrogen-bond acceptors (Lipinski definition) is 7. The zero-order valence-corrected chi connectivity index (χ0v) is 17.0. The van der Waals surface area contributed by atoms with Crippen LogP contribution in [0.25, 0.3) is 10.8 Å². The van der Waals surface area contributed by atoms with E-state index in [-0.39, 0.29) is 22.3 Å². The Labute approximate surface area is 171 Å². The van der Waals surface area contributed by atoms with Gasteiger partial charge in [-0.1, -0.05) is 18.2 Å². The lowest BCUT2D eigenvalue weighted by Crippen LogP contribution is -2.16. The van der Waals surface area contributed by atoms with Crippen molar-refractivity contribution >= 4 is 48.3 Å². The zero-order valence-electron chi connectivity index (χ0n) is 15.3. The van der Waals surface area contributed by atoms with Crippen molar-refractivity contribution < 1.29 is 35.8 Å². The summed E-state index contributed by atoms with van der Waals surface area (Å²) >= 11 is 0. The number of rotatable bonds is 4. The van der Waals surface area contributed by atoms with Crippen molar-refractivity contribution in [3.05, 3.63) is 53.6 Å². The van der Waals surface area contributed by atoms with Crippen LogP contribution in [0, 0.1) is 6.92 Å². The highest BCUT2D eigenvalue weighted by Crippen LogP contribution is 2.40. The lowest BCUT2D eigenvalue weighted by molar-refractivity contribution is 0.102. The van der Waals surface area contributed by atoms with Gasteiger partial charge in [0.25, 0.3) is 26.1 Å². The Bertz CT molecular complexity index is 1410. The van der Waals surface area contributed by atoms with Crippen LogP contribution in [0.1, 0.15) is 15.9 Å². The number of fused-ring (bicyclic) bond motifs is 1. The Hall–Kier alpha value is -3.19. The van der Waals surface area contributed by atoms with Gasteiger partial charge < -0.3 is 16.2 Å². The van der Waals surface area contributed by atoms with Gasteiger partial charge in [0.2, 0.25) is 0 Å². The fourth-order valence-corrected chi connectivity index (χ4v) is 5.05. The Balaban J connectivity index is 2.34. The summed E-state index contributed by atoms with van der Waals surface area (Å²) in [5, 5.41) is 11.9. The number of carbonyl (C=O) groups is 1. The number of nitrogens with one attached hydrogen (secondary N) is 1. The Morgan fingerprint density at radius 1 is 1.00 bits per heavy atom. The second-order valence-electron chi connectivity index (χ2n) is 6.45. The van der Waals surface area contributed by atoms with Crippen LogP contribution in [0.15, 0.2) is 52.3 Å². The van der Waals surface area contributed by atoms with Gasteiger partial charge in [-0.2, -0.15) is 16.8 Å². The summed E-state index contributed by atoms with van der Waals surface area (Å²) in [6.45, 7) is 1.76. The first-order valence-corrected chi connectivity index (χ1v) is 11.1. The molecule has 0 bridgehead atoms. The van der Waals surface area contributed by atoms with Crippen LogP contribution in [-0.2, 0) is 20.2 Å². The maximum atomic E-state index is 12.7. The van der Waals surface area contributed by atoms with Gasteiger partial charge >= 0.3 is 0 Å². The number of benzene rings is 3. The third-order valence-corrected chi connectivity index (χ3v) is 6.25. The summed E-state index contributed by atoms with van der Waals surface area (Å²) in [5.74, 6) is -1.29. The molecule has 3 aromatic carbocycles. The number of aryl methyl sites for hydroxylation is 1. The first kappa shape index (κ1) is 21.5. The minimum Gasteiger partial charge on any atom is -0.507 e. The van der Waals surface area contributed by atoms with E-state index in [9.17, 15) is 35.8 Å². The molecule has 0 aliphatic heterocycles. The van der Waals surface area contributed by atoms with Crippen LogP contribution >= 0.6 is 0 Å². The zero-order chi connectivity index (χ0) is 22.4. The van der Waals surface area contributed by atoms with Gasteiger partial charge in [0.05, 0.1) is 11.3 Å². The van der Waals surface area contributed by atoms with Crippen LogP contribution < -0.4 is 11.1 Å². The Kier molecular flexibility index (Phi) is 5.20. The van der Waals surface area contributed by atoms with E-state index < -0.39 is 47.1 Å². The van der Waals surface area contributed by atoms with E-state index in [1.165, 1.54) is 24.3 Å². The van der Waals surface area contributed by atoms with Crippen molar-refractivity contribution in [3.63, 3.8) is 0 Å². The molecule has 0 aliphatic carbocycles. The second kappa shape index (κ2) is 7.25. The molecule has 0 aliphatic rings. The minimum atomic E-state index is -5.15. The Morgan fingerprint density at radius 3 is 2.23 bits per heavy atom. The third kappa shape index (κ3) is 3.93. The van der Waals surface area contributed by atoms with E-state index in [0.717, 1.165) is 11.6 Å². The number of anilines is 2. The van der Waals surface area contributed by atoms with E-state index >= 15 is 0 Å². The summed E-state index contributed by atoms with van der Waals surface area (Å²) < 4.78 is 66.4. The van der Waals surface area contributed by atoms with Crippen molar-refractivity contribution in [1.82, 2.24) is 0 Å². The molecule has 0 unspecified atom stereocenters. The van der Waals surface area contributed by atoms with Crippen molar-refractivity contribution in [2.24, 2.45) is 0 Å². The fourth-order valence-electron chi connectivity index (χ4n) is 3.05. The van der Waals surface area contributed by atoms with Gasteiger partial charge in [0, 0.05) is 16.5 Å². The SMILES string of the molecule is Cc1ccc(C(=O)Nc2cc(S(=O)(=O)O)c(S(=O)(=O)O)c3cccc(O)c23)c(N)c1. The number of nitrogens with two attached hydrogens (primary N) is 1. The van der Waals surface area contributed by atoms with Crippen LogP contribution in [0.5, 0.6) is 5.75 Å². The molecule has 10 nitrogen and oxygen atoms in total. The van der Waals surface area contributed by atoms with Crippen molar-refractivity contribution in [2.45, 2.75) is 16.7 Å². The summed E-state index contributed by atoms with van der Waals surface area (Å²) in [6.07, 6.45) is 0. The van der Waals surface area contributed by atoms with E-state index in [1.807, 2.05) is 0 Å². The molecule has 0 spiro atoms. The highest BCUT2D eigenvalue weighted by molar-refractivity contribution is 7.89. The number of phenolic OH excluding ortho intramolecular Hbond substituents is 1. The molecular weight excluding hydrogens is 436 g/mol. The average molecular weight is 452 g/mol. The summed E-state index contributed by atoms with van der Waals surface area (Å²) in [5.41, 5.74) is 6.47. The molecule has 0 saturated heterocycles. The smallest absolute Gasteiger partial charge is 0.296 e. The minimum absolute atomic E-state index is 0.0384. The lowest BCUT2D eigenvalue weighted by atomic mass is 10.1. The molecule has 3 aromatic rings. The third-order valence-electron chi connectivity index (χ3n) is 4.29. The average Bonchev–Trinajstić information content (AvgIpc) is 2.59. The summed E-state index contributed by atoms with van der Waals surface area (Å²) in [7, 11) is -10.3. The predicted octanol–water partition coefficient (Wildman–Crippen LogP) is 2.18. The fraction of sp³-hybridized carbons (Fsp3) is 0.0556. The number of phenols is 1. The van der Waals surface area contributed by atoms with Gasteiger partial charge in [0.15, 0.2) is 0 Å². The van der Waals surface area contributed by atoms with Crippen LogP contribution in [0.4, 0.5) is 11.4 Å². The van der Waals surface area contributed by atoms with E-state index in [4.69, 9.17) is 5.73 Å². The van der Waals surface area contributed by atoms with Gasteiger partial charge in [-0.25, -0.2) is 0 Å². The molecule has 12 heteroatoms. The van der Waals surface area contributed by atoms with E-state index in [0.29, 0.717) is 6.07 Å². The summed E-state index contributed by atoms with van der Waals surface area (Å²) in [6, 6.07) is 8.67. The molecule has 6 N–H and O–H groups in total. The Morgan fingerprint density at radius 2 is 1.67 bits per heavy atom. The monoisotopic (exact) mass is 452 g/mol. The maximum absolute atomic E-state index is 12.7. The topological polar surface area (TPSA) is 184 Å². The van der Waals surface area contributed by atoms with E-state index in [2.05, 4.69) is 5.32 Å². The first-order valence-electron chi connectivity index (χ1n) is 8.22. The molecule has 30 heavy (non-hydrogen) atoms. The first-order chi connectivity index (χ1) is 13.8. The molecule has 1 amide bonds. The predicted molar refractivity (Wildman–Crippen MR) is 109 cm³/mol. The quantitative estimate of drug-likeness (QED) is 0.292. The highest BCUT2D eigenvalue weighted by atomic mass is 32.2. The molecule has 158 valence electrons. The largest absolute Gasteiger partial charge is 0.507 e. The number of hydrogen-bond donors (Lipinski definition) is 5. The molecule has 0 radical (unpaired) electrons. The molecule has 0 heterocycles. The lowest BCUT2D eigenvalue weighted by Gasteiger charge is -2.16. The molecule has 0 fully saturated rings. The van der Waals surface area contributed by atoms with Gasteiger partial charge in [0.1, 0.15) is 15.5 Å². The van der Waals surface area contributed by atoms with E-state index in [1.54, 1.807) is 13.0 Å². The molecule has 0 saturated carbocycles. The number of aromatic hydroxyl groups is 1. The molecular formula is C18H16N2O8S2. The van der Waals surface area contributed by atoms with Crippen LogP contribution in [0.2, 0.25) is 0 Å². The molecule has 0 atom stereocenters. The number of carbonyl (C=O) groups excluding carboxylic acids is 1. The summed E-state index contributed by atoms with van der Waals surface area (Å²) in [4.78, 5) is 10.4. The number of nitrogen functional groups attached to an aromatic ring is 1. The molecule has 3 rings (SSSR count). The van der Waals surface area contributed by atoms with Crippen molar-refractivity contribution in [3.8, 4) is 5.75 Å². The normalized spacial score (nSPS) is 12.1. The van der Waals surface area contributed by atoms with Gasteiger partial charge in [-0.05, 0) is 36.8 Å². The van der Waals surface area contributed by atoms with Crippen LogP contribution in [0.3, 0.4) is 0 Å².